The molecule has 0 spiro atoms. The van der Waals surface area contributed by atoms with Crippen LogP contribution in [0.2, 0.25) is 0 Å². The Bertz CT molecular complexity index is 710. The second kappa shape index (κ2) is 9.97. The smallest absolute Gasteiger partial charge is 0.315 e. The molecule has 0 saturated heterocycles. The second-order valence-electron chi connectivity index (χ2n) is 6.27. The Morgan fingerprint density at radius 2 is 1.81 bits per heavy atom. The van der Waals surface area contributed by atoms with Crippen molar-refractivity contribution in [2.24, 2.45) is 0 Å². The van der Waals surface area contributed by atoms with E-state index in [2.05, 4.69) is 15.6 Å². The van der Waals surface area contributed by atoms with E-state index >= 15 is 0 Å². The standard InChI is InChI=1S/C20H25N3O2S/c1-16(24)26-15-11-20(2,18-6-4-3-5-7-18)23-19(25)22-14-10-17-8-12-21-13-9-17/h3-9,12-13H,10-11,14-15H2,1-2H3,(H2,22,23,25). The van der Waals surface area contributed by atoms with Crippen LogP contribution in [-0.2, 0) is 16.8 Å². The number of amides is 2. The van der Waals surface area contributed by atoms with Crippen molar-refractivity contribution in [1.29, 1.82) is 0 Å². The number of carbonyl (C=O) groups is 2. The Morgan fingerprint density at radius 1 is 1.12 bits per heavy atom. The van der Waals surface area contributed by atoms with Crippen LogP contribution >= 0.6 is 11.8 Å². The summed E-state index contributed by atoms with van der Waals surface area (Å²) < 4.78 is 0. The fourth-order valence-electron chi connectivity index (χ4n) is 2.65. The third-order valence-corrected chi connectivity index (χ3v) is 4.97. The Kier molecular flexibility index (Phi) is 7.66. The first kappa shape index (κ1) is 20.0. The molecule has 0 aliphatic carbocycles. The molecule has 0 radical (unpaired) electrons. The largest absolute Gasteiger partial charge is 0.338 e. The molecule has 0 saturated carbocycles. The van der Waals surface area contributed by atoms with E-state index in [4.69, 9.17) is 0 Å². The summed E-state index contributed by atoms with van der Waals surface area (Å²) in [5.74, 6) is 0.651. The summed E-state index contributed by atoms with van der Waals surface area (Å²) in [7, 11) is 0. The molecule has 1 aromatic carbocycles. The molecular weight excluding hydrogens is 346 g/mol. The normalized spacial score (nSPS) is 12.8. The minimum Gasteiger partial charge on any atom is -0.338 e. The average molecular weight is 372 g/mol. The molecule has 2 N–H and O–H groups in total. The topological polar surface area (TPSA) is 71.1 Å². The van der Waals surface area contributed by atoms with Gasteiger partial charge in [-0.3, -0.25) is 9.78 Å². The molecule has 1 atom stereocenters. The first-order valence-electron chi connectivity index (χ1n) is 8.63. The van der Waals surface area contributed by atoms with Crippen LogP contribution in [-0.4, -0.2) is 28.4 Å². The van der Waals surface area contributed by atoms with Crippen molar-refractivity contribution in [3.05, 3.63) is 66.0 Å². The third kappa shape index (κ3) is 6.52. The fourth-order valence-corrected chi connectivity index (χ4v) is 3.45. The average Bonchev–Trinajstić information content (AvgIpc) is 2.63. The molecule has 1 heterocycles. The minimum absolute atomic E-state index is 0.0854. The van der Waals surface area contributed by atoms with Crippen LogP contribution in [0, 0.1) is 0 Å². The number of hydrogen-bond acceptors (Lipinski definition) is 4. The highest BCUT2D eigenvalue weighted by Gasteiger charge is 2.28. The summed E-state index contributed by atoms with van der Waals surface area (Å²) in [4.78, 5) is 27.6. The summed E-state index contributed by atoms with van der Waals surface area (Å²) in [6.45, 7) is 4.10. The lowest BCUT2D eigenvalue weighted by atomic mass is 9.89. The van der Waals surface area contributed by atoms with Crippen molar-refractivity contribution < 1.29 is 9.59 Å². The monoisotopic (exact) mass is 371 g/mol. The van der Waals surface area contributed by atoms with Crippen LogP contribution in [0.3, 0.4) is 0 Å². The predicted molar refractivity (Wildman–Crippen MR) is 106 cm³/mol. The maximum Gasteiger partial charge on any atom is 0.315 e. The zero-order chi connectivity index (χ0) is 18.8. The zero-order valence-corrected chi connectivity index (χ0v) is 16.0. The van der Waals surface area contributed by atoms with Gasteiger partial charge in [-0.15, -0.1) is 0 Å². The van der Waals surface area contributed by atoms with Crippen molar-refractivity contribution in [3.8, 4) is 0 Å². The van der Waals surface area contributed by atoms with Gasteiger partial charge >= 0.3 is 6.03 Å². The van der Waals surface area contributed by atoms with E-state index in [0.29, 0.717) is 18.7 Å². The van der Waals surface area contributed by atoms with E-state index in [1.54, 1.807) is 19.3 Å². The van der Waals surface area contributed by atoms with E-state index in [-0.39, 0.29) is 11.1 Å². The van der Waals surface area contributed by atoms with Crippen LogP contribution in [0.25, 0.3) is 0 Å². The van der Waals surface area contributed by atoms with Crippen molar-refractivity contribution in [2.75, 3.05) is 12.3 Å². The molecule has 0 bridgehead atoms. The van der Waals surface area contributed by atoms with Gasteiger partial charge in [0, 0.05) is 31.6 Å². The minimum atomic E-state index is -0.537. The number of thioether (sulfide) groups is 1. The van der Waals surface area contributed by atoms with Crippen molar-refractivity contribution >= 4 is 22.9 Å². The summed E-state index contributed by atoms with van der Waals surface area (Å²) >= 11 is 1.28. The van der Waals surface area contributed by atoms with Gasteiger partial charge in [-0.1, -0.05) is 42.1 Å². The van der Waals surface area contributed by atoms with Crippen LogP contribution in [0.15, 0.2) is 54.9 Å². The van der Waals surface area contributed by atoms with Gasteiger partial charge in [0.2, 0.25) is 0 Å². The van der Waals surface area contributed by atoms with E-state index in [9.17, 15) is 9.59 Å². The molecule has 0 aliphatic rings. The molecule has 2 amide bonds. The van der Waals surface area contributed by atoms with Gasteiger partial charge in [-0.25, -0.2) is 4.79 Å². The molecule has 0 fully saturated rings. The lowest BCUT2D eigenvalue weighted by molar-refractivity contribution is -0.109. The van der Waals surface area contributed by atoms with Crippen LogP contribution in [0.5, 0.6) is 0 Å². The lowest BCUT2D eigenvalue weighted by Crippen LogP contribution is -2.49. The summed E-state index contributed by atoms with van der Waals surface area (Å²) in [6, 6.07) is 13.5. The first-order valence-corrected chi connectivity index (χ1v) is 9.62. The number of urea groups is 1. The maximum absolute atomic E-state index is 12.4. The number of aromatic nitrogens is 1. The van der Waals surface area contributed by atoms with E-state index in [0.717, 1.165) is 17.5 Å². The van der Waals surface area contributed by atoms with Gasteiger partial charge < -0.3 is 10.6 Å². The Morgan fingerprint density at radius 3 is 2.46 bits per heavy atom. The van der Waals surface area contributed by atoms with Gasteiger partial charge in [-0.05, 0) is 43.0 Å². The first-order chi connectivity index (χ1) is 12.5. The number of rotatable bonds is 8. The quantitative estimate of drug-likeness (QED) is 0.745. The van der Waals surface area contributed by atoms with Gasteiger partial charge in [0.15, 0.2) is 5.12 Å². The molecule has 6 heteroatoms. The van der Waals surface area contributed by atoms with Crippen molar-refractivity contribution in [2.45, 2.75) is 32.2 Å². The maximum atomic E-state index is 12.4. The van der Waals surface area contributed by atoms with Crippen LogP contribution in [0.1, 0.15) is 31.4 Å². The fraction of sp³-hybridized carbons (Fsp3) is 0.350. The highest BCUT2D eigenvalue weighted by Crippen LogP contribution is 2.26. The molecular formula is C20H25N3O2S. The zero-order valence-electron chi connectivity index (χ0n) is 15.2. The van der Waals surface area contributed by atoms with Gasteiger partial charge in [0.05, 0.1) is 5.54 Å². The molecule has 0 aliphatic heterocycles. The Labute approximate surface area is 159 Å². The number of nitrogens with zero attached hydrogens (tertiary/aromatic N) is 1. The summed E-state index contributed by atoms with van der Waals surface area (Å²) in [5.41, 5.74) is 1.61. The SMILES string of the molecule is CC(=O)SCCC(C)(NC(=O)NCCc1ccncc1)c1ccccc1. The highest BCUT2D eigenvalue weighted by molar-refractivity contribution is 8.13. The molecule has 1 unspecified atom stereocenters. The Balaban J connectivity index is 1.94. The Hall–Kier alpha value is -2.34. The number of carbonyl (C=O) groups excluding carboxylic acids is 2. The van der Waals surface area contributed by atoms with E-state index < -0.39 is 5.54 Å². The number of pyridine rings is 1. The summed E-state index contributed by atoms with van der Waals surface area (Å²) in [6.07, 6.45) is 4.90. The van der Waals surface area contributed by atoms with Crippen molar-refractivity contribution in [3.63, 3.8) is 0 Å². The second-order valence-corrected chi connectivity index (χ2v) is 7.55. The molecule has 26 heavy (non-hydrogen) atoms. The molecule has 138 valence electrons. The van der Waals surface area contributed by atoms with Gasteiger partial charge in [0.25, 0.3) is 0 Å². The highest BCUT2D eigenvalue weighted by atomic mass is 32.2. The molecule has 2 aromatic rings. The predicted octanol–water partition coefficient (Wildman–Crippen LogP) is 3.51. The van der Waals surface area contributed by atoms with E-state index in [1.165, 1.54) is 11.8 Å². The third-order valence-electron chi connectivity index (χ3n) is 4.16. The number of hydrogen-bond donors (Lipinski definition) is 2. The van der Waals surface area contributed by atoms with E-state index in [1.807, 2.05) is 49.4 Å². The van der Waals surface area contributed by atoms with Gasteiger partial charge in [0.1, 0.15) is 0 Å². The van der Waals surface area contributed by atoms with Gasteiger partial charge in [-0.2, -0.15) is 0 Å². The van der Waals surface area contributed by atoms with Crippen LogP contribution in [0.4, 0.5) is 4.79 Å². The molecule has 5 nitrogen and oxygen atoms in total. The summed E-state index contributed by atoms with van der Waals surface area (Å²) in [5, 5.41) is 6.08. The lowest BCUT2D eigenvalue weighted by Gasteiger charge is -2.31. The van der Waals surface area contributed by atoms with Crippen molar-refractivity contribution in [1.82, 2.24) is 15.6 Å². The van der Waals surface area contributed by atoms with Crippen LogP contribution < -0.4 is 10.6 Å². The number of benzene rings is 1. The number of nitrogens with one attached hydrogen (secondary N) is 2. The molecule has 1 aromatic heterocycles. The molecule has 2 rings (SSSR count).